The number of ether oxygens (including phenoxy) is 1. The van der Waals surface area contributed by atoms with Crippen molar-refractivity contribution < 1.29 is 9.84 Å². The summed E-state index contributed by atoms with van der Waals surface area (Å²) < 4.78 is 5.67. The van der Waals surface area contributed by atoms with Crippen molar-refractivity contribution in [3.63, 3.8) is 0 Å². The van der Waals surface area contributed by atoms with Crippen LogP contribution in [0.25, 0.3) is 0 Å². The van der Waals surface area contributed by atoms with Gasteiger partial charge >= 0.3 is 0 Å². The monoisotopic (exact) mass is 257 g/mol. The molecule has 0 aliphatic carbocycles. The summed E-state index contributed by atoms with van der Waals surface area (Å²) in [5.41, 5.74) is 2.20. The zero-order valence-corrected chi connectivity index (χ0v) is 11.0. The molecule has 100 valence electrons. The molecule has 1 heterocycles. The van der Waals surface area contributed by atoms with Crippen LogP contribution < -0.4 is 4.74 Å². The number of aryl methyl sites for hydroxylation is 1. The Bertz CT molecular complexity index is 468. The molecule has 1 aromatic heterocycles. The molecule has 1 N–H and O–H groups in total. The van der Waals surface area contributed by atoms with Gasteiger partial charge in [-0.3, -0.25) is 4.98 Å². The van der Waals surface area contributed by atoms with Gasteiger partial charge in [-0.05, 0) is 49.1 Å². The van der Waals surface area contributed by atoms with E-state index < -0.39 is 0 Å². The highest BCUT2D eigenvalue weighted by Gasteiger charge is 1.98. The standard InChI is InChI=1S/C16H19NO2/c18-12-4-2-5-14-7-9-16(10-8-14)19-13-15-6-1-3-11-17-15/h1,3,6-11,18H,2,4-5,12-13H2. The van der Waals surface area contributed by atoms with Gasteiger partial charge in [0.1, 0.15) is 12.4 Å². The van der Waals surface area contributed by atoms with Crippen LogP contribution in [0.4, 0.5) is 0 Å². The lowest BCUT2D eigenvalue weighted by molar-refractivity contribution is 0.284. The van der Waals surface area contributed by atoms with Gasteiger partial charge in [-0.1, -0.05) is 18.2 Å². The number of hydrogen-bond acceptors (Lipinski definition) is 3. The summed E-state index contributed by atoms with van der Waals surface area (Å²) in [6, 6.07) is 13.9. The number of benzene rings is 1. The van der Waals surface area contributed by atoms with Crippen molar-refractivity contribution in [3.8, 4) is 5.75 Å². The van der Waals surface area contributed by atoms with Crippen LogP contribution in [0.2, 0.25) is 0 Å². The predicted molar refractivity (Wildman–Crippen MR) is 75.0 cm³/mol. The molecule has 0 spiro atoms. The Morgan fingerprint density at radius 1 is 1.00 bits per heavy atom. The van der Waals surface area contributed by atoms with Crippen LogP contribution in [0.5, 0.6) is 5.75 Å². The maximum absolute atomic E-state index is 8.74. The lowest BCUT2D eigenvalue weighted by Crippen LogP contribution is -1.97. The van der Waals surface area contributed by atoms with Crippen LogP contribution >= 0.6 is 0 Å². The number of hydrogen-bond donors (Lipinski definition) is 1. The maximum Gasteiger partial charge on any atom is 0.130 e. The molecule has 0 bridgehead atoms. The molecule has 0 fully saturated rings. The topological polar surface area (TPSA) is 42.4 Å². The first kappa shape index (κ1) is 13.6. The fourth-order valence-corrected chi connectivity index (χ4v) is 1.83. The molecule has 0 aliphatic rings. The Morgan fingerprint density at radius 2 is 1.84 bits per heavy atom. The van der Waals surface area contributed by atoms with Gasteiger partial charge in [0.2, 0.25) is 0 Å². The third-order valence-electron chi connectivity index (χ3n) is 2.91. The van der Waals surface area contributed by atoms with Gasteiger partial charge in [-0.2, -0.15) is 0 Å². The van der Waals surface area contributed by atoms with E-state index in [9.17, 15) is 0 Å². The number of nitrogens with zero attached hydrogens (tertiary/aromatic N) is 1. The fraction of sp³-hybridized carbons (Fsp3) is 0.312. The lowest BCUT2D eigenvalue weighted by Gasteiger charge is -2.06. The van der Waals surface area contributed by atoms with E-state index in [1.165, 1.54) is 5.56 Å². The molecule has 0 saturated heterocycles. The number of aliphatic hydroxyl groups is 1. The molecule has 0 amide bonds. The van der Waals surface area contributed by atoms with Gasteiger partial charge in [-0.25, -0.2) is 0 Å². The zero-order valence-electron chi connectivity index (χ0n) is 11.0. The first-order valence-electron chi connectivity index (χ1n) is 6.61. The van der Waals surface area contributed by atoms with Crippen molar-refractivity contribution >= 4 is 0 Å². The molecule has 0 atom stereocenters. The Morgan fingerprint density at radius 3 is 2.53 bits per heavy atom. The average Bonchev–Trinajstić information content (AvgIpc) is 2.48. The van der Waals surface area contributed by atoms with Crippen molar-refractivity contribution in [1.82, 2.24) is 4.98 Å². The highest BCUT2D eigenvalue weighted by molar-refractivity contribution is 5.27. The number of pyridine rings is 1. The van der Waals surface area contributed by atoms with Gasteiger partial charge in [0.05, 0.1) is 5.69 Å². The second-order valence-corrected chi connectivity index (χ2v) is 4.43. The molecule has 2 rings (SSSR count). The first-order valence-corrected chi connectivity index (χ1v) is 6.61. The smallest absolute Gasteiger partial charge is 0.130 e. The van der Waals surface area contributed by atoms with Crippen LogP contribution in [-0.2, 0) is 13.0 Å². The van der Waals surface area contributed by atoms with Crippen molar-refractivity contribution in [3.05, 3.63) is 59.9 Å². The van der Waals surface area contributed by atoms with E-state index in [4.69, 9.17) is 9.84 Å². The molecule has 19 heavy (non-hydrogen) atoms. The van der Waals surface area contributed by atoms with Gasteiger partial charge in [-0.15, -0.1) is 0 Å². The SMILES string of the molecule is OCCCCc1ccc(OCc2ccccn2)cc1. The molecule has 3 heteroatoms. The largest absolute Gasteiger partial charge is 0.487 e. The molecule has 3 nitrogen and oxygen atoms in total. The van der Waals surface area contributed by atoms with Crippen LogP contribution in [0.15, 0.2) is 48.7 Å². The van der Waals surface area contributed by atoms with Crippen LogP contribution in [0.3, 0.4) is 0 Å². The van der Waals surface area contributed by atoms with E-state index >= 15 is 0 Å². The molecule has 0 saturated carbocycles. The molecule has 2 aromatic rings. The van der Waals surface area contributed by atoms with Crippen molar-refractivity contribution in [1.29, 1.82) is 0 Å². The predicted octanol–water partition coefficient (Wildman–Crippen LogP) is 2.98. The molecule has 1 aromatic carbocycles. The van der Waals surface area contributed by atoms with Crippen molar-refractivity contribution in [2.45, 2.75) is 25.9 Å². The van der Waals surface area contributed by atoms with Crippen LogP contribution in [0, 0.1) is 0 Å². The van der Waals surface area contributed by atoms with Gasteiger partial charge in [0, 0.05) is 12.8 Å². The second-order valence-electron chi connectivity index (χ2n) is 4.43. The van der Waals surface area contributed by atoms with E-state index in [1.54, 1.807) is 6.20 Å². The first-order chi connectivity index (χ1) is 9.38. The third-order valence-corrected chi connectivity index (χ3v) is 2.91. The Hall–Kier alpha value is -1.87. The molecular weight excluding hydrogens is 238 g/mol. The van der Waals surface area contributed by atoms with E-state index in [0.717, 1.165) is 30.7 Å². The maximum atomic E-state index is 8.74. The lowest BCUT2D eigenvalue weighted by atomic mass is 10.1. The van der Waals surface area contributed by atoms with Crippen molar-refractivity contribution in [2.75, 3.05) is 6.61 Å². The number of aromatic nitrogens is 1. The summed E-state index contributed by atoms with van der Waals surface area (Å²) in [5, 5.41) is 8.74. The minimum Gasteiger partial charge on any atom is -0.487 e. The molecule has 0 unspecified atom stereocenters. The summed E-state index contributed by atoms with van der Waals surface area (Å²) in [7, 11) is 0. The van der Waals surface area contributed by atoms with Crippen molar-refractivity contribution in [2.24, 2.45) is 0 Å². The number of aliphatic hydroxyl groups excluding tert-OH is 1. The highest BCUT2D eigenvalue weighted by Crippen LogP contribution is 2.15. The Labute approximate surface area is 113 Å². The summed E-state index contributed by atoms with van der Waals surface area (Å²) in [6.45, 7) is 0.760. The summed E-state index contributed by atoms with van der Waals surface area (Å²) in [4.78, 5) is 4.21. The van der Waals surface area contributed by atoms with Gasteiger partial charge in [0.15, 0.2) is 0 Å². The van der Waals surface area contributed by atoms with Crippen LogP contribution in [0.1, 0.15) is 24.1 Å². The quantitative estimate of drug-likeness (QED) is 0.775. The molecule has 0 aliphatic heterocycles. The van der Waals surface area contributed by atoms with E-state index in [1.807, 2.05) is 30.3 Å². The average molecular weight is 257 g/mol. The molecular formula is C16H19NO2. The minimum atomic E-state index is 0.269. The fourth-order valence-electron chi connectivity index (χ4n) is 1.83. The van der Waals surface area contributed by atoms with Gasteiger partial charge < -0.3 is 9.84 Å². The summed E-state index contributed by atoms with van der Waals surface area (Å²) in [6.07, 6.45) is 4.65. The second kappa shape index (κ2) is 7.54. The Balaban J connectivity index is 1.81. The third kappa shape index (κ3) is 4.72. The highest BCUT2D eigenvalue weighted by atomic mass is 16.5. The van der Waals surface area contributed by atoms with E-state index in [-0.39, 0.29) is 6.61 Å². The number of unbranched alkanes of at least 4 members (excludes halogenated alkanes) is 1. The van der Waals surface area contributed by atoms with Crippen LogP contribution in [-0.4, -0.2) is 16.7 Å². The van der Waals surface area contributed by atoms with E-state index in [0.29, 0.717) is 6.61 Å². The summed E-state index contributed by atoms with van der Waals surface area (Å²) in [5.74, 6) is 0.858. The molecule has 0 radical (unpaired) electrons. The van der Waals surface area contributed by atoms with Gasteiger partial charge in [0.25, 0.3) is 0 Å². The van der Waals surface area contributed by atoms with E-state index in [2.05, 4.69) is 17.1 Å². The zero-order chi connectivity index (χ0) is 13.3. The number of rotatable bonds is 7. The normalized spacial score (nSPS) is 10.4. The minimum absolute atomic E-state index is 0.269. The Kier molecular flexibility index (Phi) is 5.38. The summed E-state index contributed by atoms with van der Waals surface area (Å²) >= 11 is 0.